The zero-order valence-corrected chi connectivity index (χ0v) is 21.3. The number of aliphatic carboxylic acids is 1. The number of carboxylic acid groups (broad SMARTS) is 1. The van der Waals surface area contributed by atoms with Gasteiger partial charge in [-0.25, -0.2) is 9.97 Å². The van der Waals surface area contributed by atoms with Crippen molar-refractivity contribution in [2.45, 2.75) is 70.3 Å². The molecule has 0 aliphatic heterocycles. The summed E-state index contributed by atoms with van der Waals surface area (Å²) in [6.45, 7) is 6.55. The highest BCUT2D eigenvalue weighted by molar-refractivity contribution is 5.94. The number of hydrogen-bond donors (Lipinski definition) is 3. The van der Waals surface area contributed by atoms with E-state index in [1.165, 1.54) is 12.8 Å². The molecule has 8 heteroatoms. The zero-order chi connectivity index (χ0) is 25.8. The van der Waals surface area contributed by atoms with Crippen LogP contribution in [-0.2, 0) is 16.6 Å². The van der Waals surface area contributed by atoms with Gasteiger partial charge in [0.1, 0.15) is 12.1 Å². The summed E-state index contributed by atoms with van der Waals surface area (Å²) in [5.74, 6) is -0.349. The molecule has 1 amide bonds. The number of nitrogens with zero attached hydrogens (tertiary/aromatic N) is 3. The lowest BCUT2D eigenvalue weighted by Gasteiger charge is -2.32. The minimum atomic E-state index is -0.929. The van der Waals surface area contributed by atoms with Crippen molar-refractivity contribution in [2.24, 2.45) is 0 Å². The van der Waals surface area contributed by atoms with E-state index in [-0.39, 0.29) is 29.8 Å². The fourth-order valence-corrected chi connectivity index (χ4v) is 4.70. The number of imidazole rings is 1. The lowest BCUT2D eigenvalue weighted by Crippen LogP contribution is -2.37. The average Bonchev–Trinajstić information content (AvgIpc) is 3.50. The molecule has 1 aliphatic carbocycles. The van der Waals surface area contributed by atoms with Crippen LogP contribution in [0.4, 0.5) is 5.69 Å². The Bertz CT molecular complexity index is 1190. The van der Waals surface area contributed by atoms with Gasteiger partial charge in [0, 0.05) is 29.3 Å². The number of carbonyl (C=O) groups is 2. The number of nitrogens with one attached hydrogen (secondary N) is 2. The van der Waals surface area contributed by atoms with E-state index >= 15 is 0 Å². The van der Waals surface area contributed by atoms with Gasteiger partial charge in [0.2, 0.25) is 0 Å². The normalized spacial score (nSPS) is 15.0. The van der Waals surface area contributed by atoms with E-state index < -0.39 is 5.97 Å². The molecule has 0 saturated heterocycles. The molecule has 4 rings (SSSR count). The number of carboxylic acids is 1. The van der Waals surface area contributed by atoms with Gasteiger partial charge in [0.25, 0.3) is 5.91 Å². The number of pyridine rings is 1. The van der Waals surface area contributed by atoms with Gasteiger partial charge in [-0.15, -0.1) is 0 Å². The van der Waals surface area contributed by atoms with E-state index in [9.17, 15) is 9.59 Å². The summed E-state index contributed by atoms with van der Waals surface area (Å²) in [6, 6.07) is 11.7. The summed E-state index contributed by atoms with van der Waals surface area (Å²) in [5, 5.41) is 15.1. The number of hydrogen-bond acceptors (Lipinski definition) is 5. The average molecular weight is 490 g/mol. The third-order valence-corrected chi connectivity index (χ3v) is 6.72. The van der Waals surface area contributed by atoms with E-state index in [0.717, 1.165) is 42.0 Å². The lowest BCUT2D eigenvalue weighted by molar-refractivity contribution is -0.136. The summed E-state index contributed by atoms with van der Waals surface area (Å²) >= 11 is 0. The van der Waals surface area contributed by atoms with Crippen LogP contribution in [0.3, 0.4) is 0 Å². The van der Waals surface area contributed by atoms with E-state index in [2.05, 4.69) is 47.4 Å². The van der Waals surface area contributed by atoms with Gasteiger partial charge in [-0.2, -0.15) is 0 Å². The van der Waals surface area contributed by atoms with Crippen molar-refractivity contribution in [3.8, 4) is 5.82 Å². The molecule has 0 unspecified atom stereocenters. The number of benzene rings is 1. The molecule has 8 nitrogen and oxygen atoms in total. The Hall–Kier alpha value is -3.68. The molecule has 3 N–H and O–H groups in total. The van der Waals surface area contributed by atoms with Crippen molar-refractivity contribution >= 4 is 17.6 Å². The quantitative estimate of drug-likeness (QED) is 0.401. The first kappa shape index (κ1) is 25.4. The van der Waals surface area contributed by atoms with Gasteiger partial charge in [-0.1, -0.05) is 45.7 Å². The first-order chi connectivity index (χ1) is 17.1. The van der Waals surface area contributed by atoms with E-state index in [0.29, 0.717) is 5.56 Å². The molecule has 0 bridgehead atoms. The number of aromatic nitrogens is 3. The SMILES string of the molecule is CC(C)(C)c1cn(-c2ccc(NC3(Cc4ccc(C(=O)NCCC(=O)O)cc4)CCCC3)cn2)cn1. The Morgan fingerprint density at radius 3 is 2.36 bits per heavy atom. The second-order valence-electron chi connectivity index (χ2n) is 10.7. The van der Waals surface area contributed by atoms with Crippen LogP contribution in [0.15, 0.2) is 55.1 Å². The van der Waals surface area contributed by atoms with Gasteiger partial charge in [0.05, 0.1) is 24.0 Å². The number of rotatable bonds is 9. The Morgan fingerprint density at radius 2 is 1.78 bits per heavy atom. The summed E-state index contributed by atoms with van der Waals surface area (Å²) in [7, 11) is 0. The molecule has 0 radical (unpaired) electrons. The van der Waals surface area contributed by atoms with Crippen LogP contribution in [0, 0.1) is 0 Å². The minimum Gasteiger partial charge on any atom is -0.481 e. The smallest absolute Gasteiger partial charge is 0.305 e. The predicted octanol–water partition coefficient (Wildman–Crippen LogP) is 4.74. The second kappa shape index (κ2) is 10.5. The van der Waals surface area contributed by atoms with Gasteiger partial charge >= 0.3 is 5.97 Å². The Kier molecular flexibility index (Phi) is 7.43. The van der Waals surface area contributed by atoms with Crippen molar-refractivity contribution in [2.75, 3.05) is 11.9 Å². The maximum absolute atomic E-state index is 12.2. The molecule has 36 heavy (non-hydrogen) atoms. The first-order valence-corrected chi connectivity index (χ1v) is 12.5. The maximum Gasteiger partial charge on any atom is 0.305 e. The first-order valence-electron chi connectivity index (χ1n) is 12.5. The Labute approximate surface area is 212 Å². The van der Waals surface area contributed by atoms with Crippen LogP contribution in [0.1, 0.15) is 74.5 Å². The highest BCUT2D eigenvalue weighted by Gasteiger charge is 2.34. The summed E-state index contributed by atoms with van der Waals surface area (Å²) in [4.78, 5) is 32.1. The fourth-order valence-electron chi connectivity index (χ4n) is 4.70. The van der Waals surface area contributed by atoms with Crippen LogP contribution in [0.5, 0.6) is 0 Å². The Balaban J connectivity index is 1.41. The predicted molar refractivity (Wildman–Crippen MR) is 140 cm³/mol. The molecule has 3 aromatic rings. The van der Waals surface area contributed by atoms with Gasteiger partial charge < -0.3 is 15.7 Å². The minimum absolute atomic E-state index is 0.00997. The monoisotopic (exact) mass is 489 g/mol. The molecule has 2 heterocycles. The zero-order valence-electron chi connectivity index (χ0n) is 21.3. The standard InChI is InChI=1S/C28H35N5O3/c1-27(2,3)23-18-33(19-31-23)24-11-10-22(17-30-24)32-28(13-4-5-14-28)16-20-6-8-21(9-7-20)26(36)29-15-12-25(34)35/h6-11,17-19,32H,4-5,12-16H2,1-3H3,(H,29,36)(H,34,35). The summed E-state index contributed by atoms with van der Waals surface area (Å²) in [6.07, 6.45) is 11.0. The fraction of sp³-hybridized carbons (Fsp3) is 0.429. The van der Waals surface area contributed by atoms with Gasteiger partial charge in [-0.05, 0) is 49.1 Å². The topological polar surface area (TPSA) is 109 Å². The third-order valence-electron chi connectivity index (χ3n) is 6.72. The van der Waals surface area contributed by atoms with Crippen molar-refractivity contribution in [1.29, 1.82) is 0 Å². The molecule has 0 spiro atoms. The van der Waals surface area contributed by atoms with Crippen LogP contribution >= 0.6 is 0 Å². The Morgan fingerprint density at radius 1 is 1.06 bits per heavy atom. The highest BCUT2D eigenvalue weighted by atomic mass is 16.4. The molecule has 1 saturated carbocycles. The van der Waals surface area contributed by atoms with Crippen molar-refractivity contribution in [3.05, 3.63) is 71.9 Å². The molecule has 0 atom stereocenters. The van der Waals surface area contributed by atoms with Crippen LogP contribution < -0.4 is 10.6 Å². The molecular formula is C28H35N5O3. The van der Waals surface area contributed by atoms with Crippen LogP contribution in [-0.4, -0.2) is 43.6 Å². The van der Waals surface area contributed by atoms with Gasteiger partial charge in [-0.3, -0.25) is 14.2 Å². The van der Waals surface area contributed by atoms with E-state index in [1.54, 1.807) is 12.1 Å². The molecule has 1 fully saturated rings. The lowest BCUT2D eigenvalue weighted by atomic mass is 9.88. The van der Waals surface area contributed by atoms with Gasteiger partial charge in [0.15, 0.2) is 0 Å². The highest BCUT2D eigenvalue weighted by Crippen LogP contribution is 2.36. The molecule has 2 aromatic heterocycles. The molecule has 1 aromatic carbocycles. The number of amides is 1. The summed E-state index contributed by atoms with van der Waals surface area (Å²) in [5.41, 5.74) is 3.65. The largest absolute Gasteiger partial charge is 0.481 e. The van der Waals surface area contributed by atoms with E-state index in [4.69, 9.17) is 5.11 Å². The third kappa shape index (κ3) is 6.30. The number of carbonyl (C=O) groups excluding carboxylic acids is 1. The van der Waals surface area contributed by atoms with Crippen molar-refractivity contribution < 1.29 is 14.7 Å². The molecule has 1 aliphatic rings. The van der Waals surface area contributed by atoms with E-state index in [1.807, 2.05) is 41.5 Å². The number of anilines is 1. The molecular weight excluding hydrogens is 454 g/mol. The summed E-state index contributed by atoms with van der Waals surface area (Å²) < 4.78 is 1.95. The van der Waals surface area contributed by atoms with Crippen LogP contribution in [0.2, 0.25) is 0 Å². The molecule has 190 valence electrons. The van der Waals surface area contributed by atoms with Crippen molar-refractivity contribution in [1.82, 2.24) is 19.9 Å². The second-order valence-corrected chi connectivity index (χ2v) is 10.7. The van der Waals surface area contributed by atoms with Crippen molar-refractivity contribution in [3.63, 3.8) is 0 Å². The maximum atomic E-state index is 12.2. The van der Waals surface area contributed by atoms with Crippen LogP contribution in [0.25, 0.3) is 5.82 Å².